The Balaban J connectivity index is 1.66. The number of nitrogens with zero attached hydrogens (tertiary/aromatic N) is 3. The Kier molecular flexibility index (Phi) is 7.61. The third kappa shape index (κ3) is 5.98. The molecule has 0 aliphatic heterocycles. The molecule has 1 heterocycles. The second-order valence-electron chi connectivity index (χ2n) is 7.59. The number of aromatic nitrogens is 2. The summed E-state index contributed by atoms with van der Waals surface area (Å²) in [5.74, 6) is -0.690. The van der Waals surface area contributed by atoms with Gasteiger partial charge >= 0.3 is 0 Å². The summed E-state index contributed by atoms with van der Waals surface area (Å²) in [5, 5.41) is 22.0. The SMILES string of the molecule is CC(=O)Nc1cc(NC(C)=O)cc(C(=O)NCCCc2nn(-c3ccccc3)c(N)c2C#N)c1. The van der Waals surface area contributed by atoms with Gasteiger partial charge in [-0.3, -0.25) is 14.4 Å². The molecule has 10 heteroatoms. The van der Waals surface area contributed by atoms with E-state index < -0.39 is 0 Å². The first-order chi connectivity index (χ1) is 16.3. The summed E-state index contributed by atoms with van der Waals surface area (Å²) in [7, 11) is 0. The predicted octanol–water partition coefficient (Wildman–Crippen LogP) is 2.61. The molecular weight excluding hydrogens is 434 g/mol. The number of benzene rings is 2. The van der Waals surface area contributed by atoms with Gasteiger partial charge in [0.25, 0.3) is 5.91 Å². The maximum absolute atomic E-state index is 12.7. The lowest BCUT2D eigenvalue weighted by molar-refractivity contribution is -0.115. The molecule has 0 spiro atoms. The molecule has 3 aromatic rings. The zero-order chi connectivity index (χ0) is 24.7. The van der Waals surface area contributed by atoms with Crippen molar-refractivity contribution in [2.24, 2.45) is 0 Å². The van der Waals surface area contributed by atoms with E-state index in [0.29, 0.717) is 42.0 Å². The molecule has 0 unspecified atom stereocenters. The molecule has 0 bridgehead atoms. The van der Waals surface area contributed by atoms with Gasteiger partial charge in [0.2, 0.25) is 11.8 Å². The van der Waals surface area contributed by atoms with Gasteiger partial charge in [-0.1, -0.05) is 18.2 Å². The van der Waals surface area contributed by atoms with Crippen molar-refractivity contribution in [3.8, 4) is 11.8 Å². The van der Waals surface area contributed by atoms with Gasteiger partial charge < -0.3 is 21.7 Å². The first-order valence-corrected chi connectivity index (χ1v) is 10.6. The number of hydrogen-bond donors (Lipinski definition) is 4. The lowest BCUT2D eigenvalue weighted by atomic mass is 10.1. The Morgan fingerprint density at radius 3 is 2.21 bits per heavy atom. The maximum Gasteiger partial charge on any atom is 0.251 e. The van der Waals surface area contributed by atoms with Gasteiger partial charge in [-0.25, -0.2) is 4.68 Å². The summed E-state index contributed by atoms with van der Waals surface area (Å²) in [6.07, 6.45) is 0.964. The van der Waals surface area contributed by atoms with E-state index in [4.69, 9.17) is 5.73 Å². The fraction of sp³-hybridized carbons (Fsp3) is 0.208. The van der Waals surface area contributed by atoms with Crippen LogP contribution in [0.25, 0.3) is 5.69 Å². The number of nitrogens with two attached hydrogens (primary N) is 1. The molecule has 174 valence electrons. The van der Waals surface area contributed by atoms with Crippen LogP contribution in [0.3, 0.4) is 0 Å². The van der Waals surface area contributed by atoms with E-state index >= 15 is 0 Å². The molecular formula is C24H25N7O3. The van der Waals surface area contributed by atoms with Gasteiger partial charge in [-0.05, 0) is 43.2 Å². The van der Waals surface area contributed by atoms with Crippen LogP contribution >= 0.6 is 0 Å². The molecule has 5 N–H and O–H groups in total. The minimum Gasteiger partial charge on any atom is -0.382 e. The number of amides is 3. The van der Waals surface area contributed by atoms with Crippen molar-refractivity contribution < 1.29 is 14.4 Å². The van der Waals surface area contributed by atoms with Crippen molar-refractivity contribution in [3.63, 3.8) is 0 Å². The lowest BCUT2D eigenvalue weighted by Crippen LogP contribution is -2.25. The molecule has 0 aliphatic rings. The van der Waals surface area contributed by atoms with Crippen molar-refractivity contribution in [3.05, 3.63) is 65.4 Å². The van der Waals surface area contributed by atoms with Crippen molar-refractivity contribution >= 4 is 34.9 Å². The highest BCUT2D eigenvalue weighted by Gasteiger charge is 2.16. The number of carbonyl (C=O) groups is 3. The van der Waals surface area contributed by atoms with Crippen LogP contribution in [-0.4, -0.2) is 34.0 Å². The molecule has 0 saturated carbocycles. The summed E-state index contributed by atoms with van der Waals surface area (Å²) in [5.41, 5.74) is 8.82. The number of nitrogen functional groups attached to an aromatic ring is 1. The van der Waals surface area contributed by atoms with E-state index in [0.717, 1.165) is 5.69 Å². The first kappa shape index (κ1) is 24.0. The summed E-state index contributed by atoms with van der Waals surface area (Å²) in [4.78, 5) is 35.5. The van der Waals surface area contributed by atoms with E-state index in [-0.39, 0.29) is 29.1 Å². The second kappa shape index (κ2) is 10.8. The lowest BCUT2D eigenvalue weighted by Gasteiger charge is -2.11. The van der Waals surface area contributed by atoms with Crippen molar-refractivity contribution in [1.29, 1.82) is 5.26 Å². The number of para-hydroxylation sites is 1. The highest BCUT2D eigenvalue weighted by Crippen LogP contribution is 2.22. The van der Waals surface area contributed by atoms with Crippen molar-refractivity contribution in [2.45, 2.75) is 26.7 Å². The van der Waals surface area contributed by atoms with E-state index in [1.807, 2.05) is 30.3 Å². The standard InChI is InChI=1S/C24H25N7O3/c1-15(32)28-18-11-17(12-19(13-18)29-16(2)33)24(34)27-10-6-9-22-21(14-25)23(26)31(30-22)20-7-4-3-5-8-20/h3-5,7-8,11-13H,6,9-10,26H2,1-2H3,(H,27,34)(H,28,32)(H,29,33). The third-order valence-corrected chi connectivity index (χ3v) is 4.82. The predicted molar refractivity (Wildman–Crippen MR) is 128 cm³/mol. The number of nitriles is 1. The molecule has 0 radical (unpaired) electrons. The Hall–Kier alpha value is -4.65. The molecule has 0 saturated heterocycles. The highest BCUT2D eigenvalue weighted by atomic mass is 16.2. The van der Waals surface area contributed by atoms with E-state index in [9.17, 15) is 19.6 Å². The summed E-state index contributed by atoms with van der Waals surface area (Å²) >= 11 is 0. The molecule has 1 aromatic heterocycles. The minimum atomic E-state index is -0.367. The third-order valence-electron chi connectivity index (χ3n) is 4.82. The number of nitrogens with one attached hydrogen (secondary N) is 3. The van der Waals surface area contributed by atoms with Crippen LogP contribution in [0.1, 0.15) is 41.9 Å². The average molecular weight is 460 g/mol. The van der Waals surface area contributed by atoms with Crippen LogP contribution in [0.5, 0.6) is 0 Å². The molecule has 0 fully saturated rings. The molecule has 3 rings (SSSR count). The first-order valence-electron chi connectivity index (χ1n) is 10.6. The van der Waals surface area contributed by atoms with Gasteiger partial charge in [0.1, 0.15) is 17.5 Å². The Morgan fingerprint density at radius 1 is 1.03 bits per heavy atom. The van der Waals surface area contributed by atoms with Gasteiger partial charge in [-0.2, -0.15) is 10.4 Å². The normalized spacial score (nSPS) is 10.3. The largest absolute Gasteiger partial charge is 0.382 e. The maximum atomic E-state index is 12.7. The van der Waals surface area contributed by atoms with Crippen LogP contribution in [-0.2, 0) is 16.0 Å². The topological polar surface area (TPSA) is 155 Å². The summed E-state index contributed by atoms with van der Waals surface area (Å²) in [6, 6.07) is 16.0. The van der Waals surface area contributed by atoms with Gasteiger partial charge in [0.15, 0.2) is 0 Å². The molecule has 34 heavy (non-hydrogen) atoms. The molecule has 0 aliphatic carbocycles. The number of rotatable bonds is 8. The Labute approximate surface area is 196 Å². The quantitative estimate of drug-likeness (QED) is 0.380. The minimum absolute atomic E-state index is 0.271. The smallest absolute Gasteiger partial charge is 0.251 e. The van der Waals surface area contributed by atoms with E-state index in [2.05, 4.69) is 27.1 Å². The monoisotopic (exact) mass is 459 g/mol. The van der Waals surface area contributed by atoms with Crippen molar-refractivity contribution in [2.75, 3.05) is 22.9 Å². The van der Waals surface area contributed by atoms with Crippen LogP contribution < -0.4 is 21.7 Å². The van der Waals surface area contributed by atoms with E-state index in [1.165, 1.54) is 30.7 Å². The highest BCUT2D eigenvalue weighted by molar-refractivity contribution is 5.99. The number of hydrogen-bond acceptors (Lipinski definition) is 6. The molecule has 2 aromatic carbocycles. The van der Waals surface area contributed by atoms with Crippen LogP contribution in [0.4, 0.5) is 17.2 Å². The zero-order valence-corrected chi connectivity index (χ0v) is 18.9. The summed E-state index contributed by atoms with van der Waals surface area (Å²) < 4.78 is 1.53. The Bertz CT molecular complexity index is 1230. The van der Waals surface area contributed by atoms with E-state index in [1.54, 1.807) is 6.07 Å². The van der Waals surface area contributed by atoms with Gasteiger partial charge in [0, 0.05) is 37.3 Å². The fourth-order valence-corrected chi connectivity index (χ4v) is 3.41. The van der Waals surface area contributed by atoms with Crippen LogP contribution in [0.15, 0.2) is 48.5 Å². The van der Waals surface area contributed by atoms with Gasteiger partial charge in [0.05, 0.1) is 11.4 Å². The van der Waals surface area contributed by atoms with Crippen LogP contribution in [0, 0.1) is 11.3 Å². The van der Waals surface area contributed by atoms with Crippen LogP contribution in [0.2, 0.25) is 0 Å². The zero-order valence-electron chi connectivity index (χ0n) is 18.9. The fourth-order valence-electron chi connectivity index (χ4n) is 3.41. The number of aryl methyl sites for hydroxylation is 1. The van der Waals surface area contributed by atoms with Crippen molar-refractivity contribution in [1.82, 2.24) is 15.1 Å². The molecule has 10 nitrogen and oxygen atoms in total. The van der Waals surface area contributed by atoms with Gasteiger partial charge in [-0.15, -0.1) is 0 Å². The number of carbonyl (C=O) groups excluding carboxylic acids is 3. The molecule has 3 amide bonds. The molecule has 0 atom stereocenters. The number of anilines is 3. The Morgan fingerprint density at radius 2 is 1.65 bits per heavy atom. The summed E-state index contributed by atoms with van der Waals surface area (Å²) in [6.45, 7) is 3.03. The average Bonchev–Trinajstić information content (AvgIpc) is 3.11. The second-order valence-corrected chi connectivity index (χ2v) is 7.59.